The molecule has 0 saturated carbocycles. The number of methoxy groups -OCH3 is 1. The highest BCUT2D eigenvalue weighted by Crippen LogP contribution is 2.38. The van der Waals surface area contributed by atoms with Gasteiger partial charge in [0, 0.05) is 18.0 Å². The second kappa shape index (κ2) is 3.07. The fraction of sp³-hybridized carbons (Fsp3) is 0.417. The van der Waals surface area contributed by atoms with Crippen molar-refractivity contribution in [2.75, 3.05) is 13.7 Å². The summed E-state index contributed by atoms with van der Waals surface area (Å²) in [6.45, 7) is 0.956. The number of ketones is 1. The summed E-state index contributed by atoms with van der Waals surface area (Å²) in [5.41, 5.74) is 3.35. The fourth-order valence-corrected chi connectivity index (χ4v) is 2.60. The molecule has 0 bridgehead atoms. The fourth-order valence-electron chi connectivity index (χ4n) is 2.60. The summed E-state index contributed by atoms with van der Waals surface area (Å²) >= 11 is 0. The largest absolute Gasteiger partial charge is 0.497 e. The molecule has 1 aromatic rings. The number of hydrogen-bond acceptors (Lipinski definition) is 3. The maximum Gasteiger partial charge on any atom is 0.165 e. The first kappa shape index (κ1) is 8.92. The molecule has 15 heavy (non-hydrogen) atoms. The van der Waals surface area contributed by atoms with Crippen LogP contribution in [0.3, 0.4) is 0 Å². The average Bonchev–Trinajstić information content (AvgIpc) is 2.58. The Morgan fingerprint density at radius 1 is 1.47 bits per heavy atom. The van der Waals surface area contributed by atoms with Gasteiger partial charge in [-0.3, -0.25) is 4.79 Å². The molecule has 1 aliphatic heterocycles. The predicted octanol–water partition coefficient (Wildman–Crippen LogP) is 1.47. The number of carbonyl (C=O) groups excluding carboxylic acids is 1. The summed E-state index contributed by atoms with van der Waals surface area (Å²) in [5.74, 6) is 1.05. The number of hydrogen-bond donors (Lipinski definition) is 1. The molecule has 3 rings (SSSR count). The highest BCUT2D eigenvalue weighted by molar-refractivity contribution is 6.02. The zero-order valence-electron chi connectivity index (χ0n) is 8.67. The summed E-state index contributed by atoms with van der Waals surface area (Å²) in [6, 6.07) is 4.18. The molecule has 1 atom stereocenters. The van der Waals surface area contributed by atoms with E-state index >= 15 is 0 Å². The van der Waals surface area contributed by atoms with Gasteiger partial charge in [0.2, 0.25) is 0 Å². The van der Waals surface area contributed by atoms with Crippen molar-refractivity contribution in [2.45, 2.75) is 18.9 Å². The van der Waals surface area contributed by atoms with E-state index in [0.29, 0.717) is 6.42 Å². The van der Waals surface area contributed by atoms with E-state index in [0.717, 1.165) is 24.3 Å². The minimum atomic E-state index is 0.240. The first-order valence-electron chi connectivity index (χ1n) is 5.27. The summed E-state index contributed by atoms with van der Waals surface area (Å²) in [6.07, 6.45) is 1.60. The van der Waals surface area contributed by atoms with Crippen LogP contribution < -0.4 is 10.1 Å². The molecular formula is C12H13NO2. The SMILES string of the molecule is COc1cc2c3c(c1)C(=O)CC3NCC2. The maximum absolute atomic E-state index is 11.8. The molecule has 0 fully saturated rings. The van der Waals surface area contributed by atoms with Crippen molar-refractivity contribution in [3.63, 3.8) is 0 Å². The molecule has 1 N–H and O–H groups in total. The monoisotopic (exact) mass is 203 g/mol. The van der Waals surface area contributed by atoms with Gasteiger partial charge >= 0.3 is 0 Å². The quantitative estimate of drug-likeness (QED) is 0.751. The van der Waals surface area contributed by atoms with Crippen LogP contribution in [0, 0.1) is 0 Å². The lowest BCUT2D eigenvalue weighted by atomic mass is 9.95. The van der Waals surface area contributed by atoms with Crippen molar-refractivity contribution < 1.29 is 9.53 Å². The molecule has 78 valence electrons. The molecule has 1 heterocycles. The van der Waals surface area contributed by atoms with Gasteiger partial charge in [0.15, 0.2) is 5.78 Å². The molecule has 0 amide bonds. The second-order valence-electron chi connectivity index (χ2n) is 4.13. The molecule has 0 saturated heterocycles. The number of carbonyl (C=O) groups is 1. The molecule has 1 unspecified atom stereocenters. The third-order valence-corrected chi connectivity index (χ3v) is 3.30. The zero-order chi connectivity index (χ0) is 10.4. The predicted molar refractivity (Wildman–Crippen MR) is 56.4 cm³/mol. The van der Waals surface area contributed by atoms with E-state index in [9.17, 15) is 4.79 Å². The highest BCUT2D eigenvalue weighted by Gasteiger charge is 2.33. The van der Waals surface area contributed by atoms with E-state index in [-0.39, 0.29) is 11.8 Å². The van der Waals surface area contributed by atoms with Gasteiger partial charge in [-0.25, -0.2) is 0 Å². The van der Waals surface area contributed by atoms with Crippen molar-refractivity contribution in [3.05, 3.63) is 28.8 Å². The van der Waals surface area contributed by atoms with E-state index in [1.54, 1.807) is 7.11 Å². The standard InChI is InChI=1S/C12H13NO2/c1-15-8-4-7-2-3-13-10-6-11(14)9(5-8)12(7)10/h4-5,10,13H,2-3,6H2,1H3. The average molecular weight is 203 g/mol. The van der Waals surface area contributed by atoms with Crippen LogP contribution in [-0.2, 0) is 6.42 Å². The summed E-state index contributed by atoms with van der Waals surface area (Å²) in [4.78, 5) is 11.8. The molecule has 0 spiro atoms. The number of Topliss-reactive ketones (excluding diaryl/α,β-unsaturated/α-hetero) is 1. The van der Waals surface area contributed by atoms with Crippen LogP contribution >= 0.6 is 0 Å². The van der Waals surface area contributed by atoms with Crippen molar-refractivity contribution in [1.82, 2.24) is 5.32 Å². The van der Waals surface area contributed by atoms with E-state index in [2.05, 4.69) is 11.4 Å². The lowest BCUT2D eigenvalue weighted by Crippen LogP contribution is -2.27. The molecule has 3 nitrogen and oxygen atoms in total. The molecule has 2 aliphatic rings. The van der Waals surface area contributed by atoms with E-state index in [1.165, 1.54) is 11.1 Å². The number of benzene rings is 1. The van der Waals surface area contributed by atoms with Crippen molar-refractivity contribution in [1.29, 1.82) is 0 Å². The number of rotatable bonds is 1. The third-order valence-electron chi connectivity index (χ3n) is 3.30. The van der Waals surface area contributed by atoms with Crippen LogP contribution in [0.15, 0.2) is 12.1 Å². The summed E-state index contributed by atoms with van der Waals surface area (Å²) in [5, 5.41) is 3.38. The Bertz CT molecular complexity index is 439. The minimum absolute atomic E-state index is 0.240. The van der Waals surface area contributed by atoms with E-state index < -0.39 is 0 Å². The van der Waals surface area contributed by atoms with Gasteiger partial charge in [0.1, 0.15) is 5.75 Å². The number of nitrogens with one attached hydrogen (secondary N) is 1. The van der Waals surface area contributed by atoms with Gasteiger partial charge < -0.3 is 10.1 Å². The second-order valence-corrected chi connectivity index (χ2v) is 4.13. The topological polar surface area (TPSA) is 38.3 Å². The first-order chi connectivity index (χ1) is 7.29. The Balaban J connectivity index is 2.23. The van der Waals surface area contributed by atoms with Gasteiger partial charge in [-0.2, -0.15) is 0 Å². The normalized spacial score (nSPS) is 22.7. The zero-order valence-corrected chi connectivity index (χ0v) is 8.67. The molecule has 0 aromatic heterocycles. The lowest BCUT2D eigenvalue weighted by molar-refractivity contribution is 0.0985. The summed E-state index contributed by atoms with van der Waals surface area (Å²) in [7, 11) is 1.65. The smallest absolute Gasteiger partial charge is 0.165 e. The van der Waals surface area contributed by atoms with Crippen LogP contribution in [0.5, 0.6) is 5.75 Å². The molecule has 0 radical (unpaired) electrons. The third kappa shape index (κ3) is 1.20. The van der Waals surface area contributed by atoms with Gasteiger partial charge in [-0.05, 0) is 36.2 Å². The van der Waals surface area contributed by atoms with Gasteiger partial charge in [0.05, 0.1) is 7.11 Å². The van der Waals surface area contributed by atoms with Crippen molar-refractivity contribution >= 4 is 5.78 Å². The lowest BCUT2D eigenvalue weighted by Gasteiger charge is -2.23. The van der Waals surface area contributed by atoms with Crippen LogP contribution in [-0.4, -0.2) is 19.4 Å². The van der Waals surface area contributed by atoms with Crippen molar-refractivity contribution in [2.24, 2.45) is 0 Å². The summed E-state index contributed by atoms with van der Waals surface area (Å²) < 4.78 is 5.22. The molecule has 3 heteroatoms. The Kier molecular flexibility index (Phi) is 1.83. The van der Waals surface area contributed by atoms with Crippen molar-refractivity contribution in [3.8, 4) is 5.75 Å². The molecular weight excluding hydrogens is 190 g/mol. The Labute approximate surface area is 88.4 Å². The van der Waals surface area contributed by atoms with E-state index in [1.807, 2.05) is 6.07 Å². The van der Waals surface area contributed by atoms with Crippen LogP contribution in [0.25, 0.3) is 0 Å². The Morgan fingerprint density at radius 2 is 2.33 bits per heavy atom. The maximum atomic E-state index is 11.8. The molecule has 1 aliphatic carbocycles. The number of ether oxygens (including phenoxy) is 1. The van der Waals surface area contributed by atoms with Crippen LogP contribution in [0.2, 0.25) is 0 Å². The first-order valence-corrected chi connectivity index (χ1v) is 5.27. The van der Waals surface area contributed by atoms with Gasteiger partial charge in [0.25, 0.3) is 0 Å². The van der Waals surface area contributed by atoms with Crippen LogP contribution in [0.1, 0.15) is 33.9 Å². The van der Waals surface area contributed by atoms with E-state index in [4.69, 9.17) is 4.74 Å². The van der Waals surface area contributed by atoms with Gasteiger partial charge in [-0.15, -0.1) is 0 Å². The Morgan fingerprint density at radius 3 is 3.13 bits per heavy atom. The highest BCUT2D eigenvalue weighted by atomic mass is 16.5. The van der Waals surface area contributed by atoms with Gasteiger partial charge in [-0.1, -0.05) is 0 Å². The Hall–Kier alpha value is -1.35. The molecule has 1 aromatic carbocycles. The minimum Gasteiger partial charge on any atom is -0.497 e. The van der Waals surface area contributed by atoms with Crippen LogP contribution in [0.4, 0.5) is 0 Å².